The van der Waals surface area contributed by atoms with Gasteiger partial charge in [-0.2, -0.15) is 4.72 Å². The summed E-state index contributed by atoms with van der Waals surface area (Å²) in [7, 11) is -4.38. The predicted octanol–water partition coefficient (Wildman–Crippen LogP) is -0.685. The standard InChI is InChI=1S/C19H25FN4O6S/c1-2-13-14(24-8-9-30-11-16(24)25)4-3-5-15(13)31(28,29)22-17(18(21)26)19(27)23-7-6-12(20)10-23/h3-5,12,17,22H,2,6-11H2,1H3,(H2,21,26)/t12-,17+/m1/s1. The van der Waals surface area contributed by atoms with Gasteiger partial charge in [-0.15, -0.1) is 0 Å². The number of rotatable bonds is 7. The van der Waals surface area contributed by atoms with Gasteiger partial charge in [0.15, 0.2) is 6.04 Å². The molecule has 12 heteroatoms. The number of anilines is 1. The van der Waals surface area contributed by atoms with Crippen molar-refractivity contribution in [3.63, 3.8) is 0 Å². The molecule has 2 fully saturated rings. The van der Waals surface area contributed by atoms with Crippen molar-refractivity contribution in [3.05, 3.63) is 23.8 Å². The van der Waals surface area contributed by atoms with Crippen LogP contribution in [-0.4, -0.2) is 76.1 Å². The highest BCUT2D eigenvalue weighted by molar-refractivity contribution is 7.89. The molecule has 2 aliphatic rings. The Morgan fingerprint density at radius 2 is 2.10 bits per heavy atom. The highest BCUT2D eigenvalue weighted by Crippen LogP contribution is 2.29. The maximum Gasteiger partial charge on any atom is 0.253 e. The number of sulfonamides is 1. The van der Waals surface area contributed by atoms with Crippen LogP contribution in [0.5, 0.6) is 0 Å². The van der Waals surface area contributed by atoms with Crippen molar-refractivity contribution < 1.29 is 31.9 Å². The van der Waals surface area contributed by atoms with Gasteiger partial charge in [0.25, 0.3) is 11.8 Å². The molecule has 31 heavy (non-hydrogen) atoms. The molecule has 2 aliphatic heterocycles. The highest BCUT2D eigenvalue weighted by Gasteiger charge is 2.37. The van der Waals surface area contributed by atoms with Gasteiger partial charge in [0.05, 0.1) is 18.0 Å². The van der Waals surface area contributed by atoms with Crippen LogP contribution in [0.3, 0.4) is 0 Å². The van der Waals surface area contributed by atoms with Crippen LogP contribution in [0.4, 0.5) is 10.1 Å². The molecule has 0 aromatic heterocycles. The quantitative estimate of drug-likeness (QED) is 0.521. The Morgan fingerprint density at radius 1 is 1.35 bits per heavy atom. The van der Waals surface area contributed by atoms with E-state index in [1.807, 2.05) is 0 Å². The van der Waals surface area contributed by atoms with Crippen LogP contribution >= 0.6 is 0 Å². The number of morpholine rings is 1. The first-order valence-corrected chi connectivity index (χ1v) is 11.4. The van der Waals surface area contributed by atoms with E-state index in [4.69, 9.17) is 10.5 Å². The molecule has 2 saturated heterocycles. The Hall–Kier alpha value is -2.57. The molecule has 170 valence electrons. The number of primary amides is 1. The summed E-state index contributed by atoms with van der Waals surface area (Å²) in [6.07, 6.45) is -0.856. The van der Waals surface area contributed by atoms with Gasteiger partial charge in [0.1, 0.15) is 12.8 Å². The van der Waals surface area contributed by atoms with Gasteiger partial charge in [-0.25, -0.2) is 12.8 Å². The Kier molecular flexibility index (Phi) is 6.92. The number of alkyl halides is 1. The fraction of sp³-hybridized carbons (Fsp3) is 0.526. The van der Waals surface area contributed by atoms with Gasteiger partial charge in [-0.1, -0.05) is 13.0 Å². The minimum Gasteiger partial charge on any atom is -0.370 e. The summed E-state index contributed by atoms with van der Waals surface area (Å²) in [5.41, 5.74) is 6.06. The largest absolute Gasteiger partial charge is 0.370 e. The van der Waals surface area contributed by atoms with Gasteiger partial charge < -0.3 is 20.3 Å². The van der Waals surface area contributed by atoms with E-state index in [2.05, 4.69) is 4.72 Å². The topological polar surface area (TPSA) is 139 Å². The summed E-state index contributed by atoms with van der Waals surface area (Å²) in [5.74, 6) is -2.38. The minimum absolute atomic E-state index is 0.0698. The van der Waals surface area contributed by atoms with Gasteiger partial charge in [0.2, 0.25) is 15.9 Å². The fourth-order valence-corrected chi connectivity index (χ4v) is 5.22. The van der Waals surface area contributed by atoms with Crippen molar-refractivity contribution in [3.8, 4) is 0 Å². The molecule has 0 saturated carbocycles. The smallest absolute Gasteiger partial charge is 0.253 e. The zero-order valence-electron chi connectivity index (χ0n) is 17.0. The van der Waals surface area contributed by atoms with Crippen molar-refractivity contribution >= 4 is 33.4 Å². The molecule has 3 rings (SSSR count). The Labute approximate surface area is 179 Å². The number of benzene rings is 1. The van der Waals surface area contributed by atoms with Crippen LogP contribution in [0.15, 0.2) is 23.1 Å². The number of nitrogens with two attached hydrogens (primary N) is 1. The van der Waals surface area contributed by atoms with Gasteiger partial charge in [-0.05, 0) is 30.5 Å². The van der Waals surface area contributed by atoms with Crippen LogP contribution in [0, 0.1) is 0 Å². The molecule has 3 N–H and O–H groups in total. The predicted molar refractivity (Wildman–Crippen MR) is 108 cm³/mol. The third-order valence-corrected chi connectivity index (χ3v) is 6.78. The third-order valence-electron chi connectivity index (χ3n) is 5.27. The molecule has 0 unspecified atom stereocenters. The normalized spacial score (nSPS) is 20.7. The molecule has 0 spiro atoms. The summed E-state index contributed by atoms with van der Waals surface area (Å²) in [6.45, 7) is 2.05. The number of ether oxygens (including phenoxy) is 1. The van der Waals surface area contributed by atoms with E-state index in [1.165, 1.54) is 17.0 Å². The lowest BCUT2D eigenvalue weighted by atomic mass is 10.1. The van der Waals surface area contributed by atoms with Crippen LogP contribution in [-0.2, 0) is 35.6 Å². The summed E-state index contributed by atoms with van der Waals surface area (Å²) in [4.78, 5) is 39.1. The maximum absolute atomic E-state index is 13.5. The lowest BCUT2D eigenvalue weighted by Gasteiger charge is -2.29. The molecular weight excluding hydrogens is 431 g/mol. The third kappa shape index (κ3) is 4.86. The van der Waals surface area contributed by atoms with Crippen molar-refractivity contribution in [2.45, 2.75) is 36.9 Å². The second-order valence-electron chi connectivity index (χ2n) is 7.33. The molecule has 3 amide bonds. The SMILES string of the molecule is CCc1c(N2CCOCC2=O)cccc1S(=O)(=O)N[C@@H](C(N)=O)C(=O)N1CC[C@@H](F)C1. The van der Waals surface area contributed by atoms with E-state index in [1.54, 1.807) is 13.0 Å². The van der Waals surface area contributed by atoms with Crippen LogP contribution in [0.25, 0.3) is 0 Å². The fourth-order valence-electron chi connectivity index (χ4n) is 3.74. The van der Waals surface area contributed by atoms with Crippen molar-refractivity contribution in [2.24, 2.45) is 5.73 Å². The lowest BCUT2D eigenvalue weighted by molar-refractivity contribution is -0.137. The molecule has 10 nitrogen and oxygen atoms in total. The second kappa shape index (κ2) is 9.28. The number of hydrogen-bond donors (Lipinski definition) is 2. The van der Waals surface area contributed by atoms with Crippen LogP contribution in [0.2, 0.25) is 0 Å². The number of carbonyl (C=O) groups excluding carboxylic acids is 3. The Bertz CT molecular complexity index is 986. The van der Waals surface area contributed by atoms with Crippen LogP contribution < -0.4 is 15.4 Å². The van der Waals surface area contributed by atoms with Crippen LogP contribution in [0.1, 0.15) is 18.9 Å². The molecule has 0 aliphatic carbocycles. The highest BCUT2D eigenvalue weighted by atomic mass is 32.2. The summed E-state index contributed by atoms with van der Waals surface area (Å²) in [6, 6.07) is 2.56. The summed E-state index contributed by atoms with van der Waals surface area (Å²) < 4.78 is 46.9. The zero-order chi connectivity index (χ0) is 22.8. The minimum atomic E-state index is -4.38. The molecule has 1 aromatic carbocycles. The van der Waals surface area contributed by atoms with Gasteiger partial charge in [0, 0.05) is 18.8 Å². The molecular formula is C19H25FN4O6S. The molecule has 1 aromatic rings. The number of likely N-dealkylation sites (tertiary alicyclic amines) is 1. The number of hydrogen-bond acceptors (Lipinski definition) is 6. The van der Waals surface area contributed by atoms with E-state index < -0.39 is 34.1 Å². The first-order valence-electron chi connectivity index (χ1n) is 9.90. The number of nitrogens with one attached hydrogen (secondary N) is 1. The van der Waals surface area contributed by atoms with E-state index in [0.29, 0.717) is 17.9 Å². The van der Waals surface area contributed by atoms with Crippen molar-refractivity contribution in [1.82, 2.24) is 9.62 Å². The van der Waals surface area contributed by atoms with Gasteiger partial charge >= 0.3 is 0 Å². The number of halogens is 1. The van der Waals surface area contributed by atoms with E-state index in [-0.39, 0.29) is 49.9 Å². The molecule has 0 bridgehead atoms. The molecule has 2 atom stereocenters. The first-order chi connectivity index (χ1) is 14.7. The van der Waals surface area contributed by atoms with E-state index in [9.17, 15) is 27.2 Å². The van der Waals surface area contributed by atoms with Crippen molar-refractivity contribution in [1.29, 1.82) is 0 Å². The second-order valence-corrected chi connectivity index (χ2v) is 9.01. The Balaban J connectivity index is 1.93. The molecule has 0 radical (unpaired) electrons. The first kappa shape index (κ1) is 23.1. The number of carbonyl (C=O) groups is 3. The van der Waals surface area contributed by atoms with Gasteiger partial charge in [-0.3, -0.25) is 14.4 Å². The monoisotopic (exact) mass is 456 g/mol. The number of amides is 3. The average Bonchev–Trinajstić information content (AvgIpc) is 3.17. The number of nitrogens with zero attached hydrogens (tertiary/aromatic N) is 2. The zero-order valence-corrected chi connectivity index (χ0v) is 17.9. The van der Waals surface area contributed by atoms with E-state index >= 15 is 0 Å². The average molecular weight is 456 g/mol. The maximum atomic E-state index is 13.5. The lowest BCUT2D eigenvalue weighted by Crippen LogP contribution is -2.54. The van der Waals surface area contributed by atoms with E-state index in [0.717, 1.165) is 4.90 Å². The summed E-state index contributed by atoms with van der Waals surface area (Å²) >= 11 is 0. The van der Waals surface area contributed by atoms with Crippen molar-refractivity contribution in [2.75, 3.05) is 37.7 Å². The molecule has 2 heterocycles. The Morgan fingerprint density at radius 3 is 2.68 bits per heavy atom. The summed E-state index contributed by atoms with van der Waals surface area (Å²) in [5, 5.41) is 0.